The van der Waals surface area contributed by atoms with Crippen molar-refractivity contribution in [1.29, 1.82) is 0 Å². The molecule has 0 unspecified atom stereocenters. The molecule has 1 fully saturated rings. The minimum Gasteiger partial charge on any atom is -0.507 e. The van der Waals surface area contributed by atoms with E-state index in [1.807, 2.05) is 54.6 Å². The van der Waals surface area contributed by atoms with Gasteiger partial charge in [0.1, 0.15) is 17.1 Å². The molecule has 1 aliphatic heterocycles. The Morgan fingerprint density at radius 3 is 2.59 bits per heavy atom. The van der Waals surface area contributed by atoms with Gasteiger partial charge in [-0.25, -0.2) is 15.0 Å². The molecule has 0 bridgehead atoms. The number of aromatic nitrogens is 4. The van der Waals surface area contributed by atoms with Gasteiger partial charge in [0.25, 0.3) is 5.91 Å². The van der Waals surface area contributed by atoms with Crippen molar-refractivity contribution in [2.24, 2.45) is 5.92 Å². The average Bonchev–Trinajstić information content (AvgIpc) is 3.75. The first kappa shape index (κ1) is 31.7. The summed E-state index contributed by atoms with van der Waals surface area (Å²) in [7, 11) is 1.78. The second-order valence-electron chi connectivity index (χ2n) is 12.6. The molecule has 10 nitrogen and oxygen atoms in total. The molecule has 6 aromatic rings. The number of nitrogens with two attached hydrogens (primary N) is 1. The van der Waals surface area contributed by atoms with E-state index < -0.39 is 0 Å². The number of phenolic OH excluding ortho intramolecular Hbond substituents is 1. The van der Waals surface area contributed by atoms with Crippen LogP contribution >= 0.6 is 0 Å². The van der Waals surface area contributed by atoms with E-state index in [0.717, 1.165) is 66.1 Å². The molecule has 4 heterocycles. The zero-order valence-corrected chi connectivity index (χ0v) is 27.2. The van der Waals surface area contributed by atoms with E-state index in [0.29, 0.717) is 36.0 Å². The molecule has 1 saturated heterocycles. The van der Waals surface area contributed by atoms with E-state index >= 15 is 0 Å². The van der Waals surface area contributed by atoms with Crippen LogP contribution in [0.1, 0.15) is 39.1 Å². The Morgan fingerprint density at radius 2 is 1.82 bits per heavy atom. The number of nitrogens with zero attached hydrogens (tertiary/aromatic N) is 6. The third-order valence-corrected chi connectivity index (χ3v) is 9.25. The van der Waals surface area contributed by atoms with Gasteiger partial charge < -0.3 is 15.7 Å². The molecular formula is C39H37N7O3. The number of pyridine rings is 2. The monoisotopic (exact) mass is 651 g/mol. The van der Waals surface area contributed by atoms with E-state index in [-0.39, 0.29) is 17.2 Å². The van der Waals surface area contributed by atoms with Crippen molar-refractivity contribution in [3.63, 3.8) is 0 Å². The molecule has 3 aromatic carbocycles. The van der Waals surface area contributed by atoms with E-state index in [9.17, 15) is 14.7 Å². The number of rotatable bonds is 10. The highest BCUT2D eigenvalue weighted by Crippen LogP contribution is 2.32. The van der Waals surface area contributed by atoms with Gasteiger partial charge in [0.15, 0.2) is 17.8 Å². The summed E-state index contributed by atoms with van der Waals surface area (Å²) in [6.07, 6.45) is 4.19. The van der Waals surface area contributed by atoms with Crippen LogP contribution in [0.4, 0.5) is 5.82 Å². The second-order valence-corrected chi connectivity index (χ2v) is 12.6. The molecule has 0 spiro atoms. The molecule has 246 valence electrons. The van der Waals surface area contributed by atoms with Gasteiger partial charge in [-0.15, -0.1) is 0 Å². The smallest absolute Gasteiger partial charge is 0.253 e. The summed E-state index contributed by atoms with van der Waals surface area (Å²) in [5.74, 6) is 1.29. The number of phenols is 1. The number of aromatic hydroxyl groups is 1. The number of imidazole rings is 1. The van der Waals surface area contributed by atoms with Crippen LogP contribution in [0.3, 0.4) is 0 Å². The Balaban J connectivity index is 1.05. The highest BCUT2D eigenvalue weighted by Gasteiger charge is 2.24. The summed E-state index contributed by atoms with van der Waals surface area (Å²) in [4.78, 5) is 42.6. The Morgan fingerprint density at radius 1 is 1.00 bits per heavy atom. The third kappa shape index (κ3) is 6.63. The number of hydrogen-bond donors (Lipinski definition) is 2. The lowest BCUT2D eigenvalue weighted by atomic mass is 10.0. The lowest BCUT2D eigenvalue weighted by Crippen LogP contribution is -2.29. The molecule has 0 saturated carbocycles. The molecule has 0 radical (unpaired) electrons. The number of carbonyl (C=O) groups excluding carboxylic acids is 2. The fraction of sp³-hybridized carbons (Fsp3) is 0.205. The summed E-state index contributed by atoms with van der Waals surface area (Å²) in [5, 5.41) is 9.76. The van der Waals surface area contributed by atoms with Crippen molar-refractivity contribution in [3.8, 4) is 34.1 Å². The lowest BCUT2D eigenvalue weighted by Gasteiger charge is -2.20. The molecule has 3 aromatic heterocycles. The van der Waals surface area contributed by atoms with Crippen molar-refractivity contribution in [3.05, 3.63) is 120 Å². The molecule has 0 aliphatic carbocycles. The Labute approximate surface area is 284 Å². The minimum absolute atomic E-state index is 0.115. The molecule has 3 N–H and O–H groups in total. The molecule has 10 heteroatoms. The van der Waals surface area contributed by atoms with Gasteiger partial charge >= 0.3 is 0 Å². The topological polar surface area (TPSA) is 130 Å². The lowest BCUT2D eigenvalue weighted by molar-refractivity contribution is 0.0787. The summed E-state index contributed by atoms with van der Waals surface area (Å²) in [6, 6.07) is 30.8. The predicted molar refractivity (Wildman–Crippen MR) is 190 cm³/mol. The summed E-state index contributed by atoms with van der Waals surface area (Å²) in [5.41, 5.74) is 13.1. The maximum absolute atomic E-state index is 12.9. The number of amides is 1. The van der Waals surface area contributed by atoms with Crippen LogP contribution in [0.5, 0.6) is 5.75 Å². The standard InChI is InChI=1S/C39H37N7O3/c1-44(39(49)29-11-16-35(48)30(22-29)25-47)20-17-27-18-21-45(24-27)23-26-9-12-31(13-10-26)46-37(32-8-5-19-41-36(32)40)43-34-15-14-33(42-38(34)46)28-6-3-2-4-7-28/h2-16,19,22,25,27,48H,17-18,20-21,23-24H2,1H3,(H2,40,41)/t27-/m1/s1. The molecule has 49 heavy (non-hydrogen) atoms. The quantitative estimate of drug-likeness (QED) is 0.167. The molecular weight excluding hydrogens is 614 g/mol. The number of benzene rings is 3. The first-order chi connectivity index (χ1) is 23.9. The average molecular weight is 652 g/mol. The number of likely N-dealkylation sites (tertiary alicyclic amines) is 1. The van der Waals surface area contributed by atoms with E-state index in [1.54, 1.807) is 24.2 Å². The first-order valence-electron chi connectivity index (χ1n) is 16.4. The minimum atomic E-state index is -0.162. The van der Waals surface area contributed by atoms with Gasteiger partial charge in [0, 0.05) is 49.7 Å². The number of anilines is 1. The zero-order valence-electron chi connectivity index (χ0n) is 27.2. The van der Waals surface area contributed by atoms with Gasteiger partial charge in [0.2, 0.25) is 0 Å². The van der Waals surface area contributed by atoms with Crippen LogP contribution < -0.4 is 5.73 Å². The SMILES string of the molecule is CN(CC[C@@H]1CCN(Cc2ccc(-n3c(-c4cccnc4N)nc4ccc(-c5ccccc5)nc43)cc2)C1)C(=O)c1ccc(O)c(C=O)c1. The fourth-order valence-electron chi connectivity index (χ4n) is 6.54. The Bertz CT molecular complexity index is 2130. The van der Waals surface area contributed by atoms with E-state index in [2.05, 4.69) is 38.7 Å². The summed E-state index contributed by atoms with van der Waals surface area (Å²) in [6.45, 7) is 3.40. The molecule has 1 aliphatic rings. The van der Waals surface area contributed by atoms with Crippen LogP contribution in [0.2, 0.25) is 0 Å². The highest BCUT2D eigenvalue weighted by atomic mass is 16.3. The van der Waals surface area contributed by atoms with Crippen LogP contribution in [-0.2, 0) is 6.54 Å². The largest absolute Gasteiger partial charge is 0.507 e. The van der Waals surface area contributed by atoms with Crippen LogP contribution in [-0.4, -0.2) is 73.3 Å². The first-order valence-corrected chi connectivity index (χ1v) is 16.4. The van der Waals surface area contributed by atoms with Crippen molar-refractivity contribution in [2.75, 3.05) is 32.4 Å². The van der Waals surface area contributed by atoms with Crippen LogP contribution in [0, 0.1) is 5.92 Å². The highest BCUT2D eigenvalue weighted by molar-refractivity contribution is 5.96. The zero-order chi connectivity index (χ0) is 33.9. The molecule has 1 atom stereocenters. The van der Waals surface area contributed by atoms with Gasteiger partial charge in [-0.05, 0) is 85.5 Å². The van der Waals surface area contributed by atoms with E-state index in [1.165, 1.54) is 17.7 Å². The van der Waals surface area contributed by atoms with Crippen LogP contribution in [0.25, 0.3) is 39.5 Å². The third-order valence-electron chi connectivity index (χ3n) is 9.25. The Hall–Kier alpha value is -5.87. The molecule has 7 rings (SSSR count). The number of fused-ring (bicyclic) bond motifs is 1. The van der Waals surface area contributed by atoms with Crippen molar-refractivity contribution < 1.29 is 14.7 Å². The summed E-state index contributed by atoms with van der Waals surface area (Å²) >= 11 is 0. The summed E-state index contributed by atoms with van der Waals surface area (Å²) < 4.78 is 2.06. The maximum Gasteiger partial charge on any atom is 0.253 e. The van der Waals surface area contributed by atoms with Gasteiger partial charge in [0.05, 0.1) is 16.8 Å². The Kier molecular flexibility index (Phi) is 8.87. The van der Waals surface area contributed by atoms with E-state index in [4.69, 9.17) is 15.7 Å². The van der Waals surface area contributed by atoms with Crippen LogP contribution in [0.15, 0.2) is 103 Å². The van der Waals surface area contributed by atoms with Gasteiger partial charge in [-0.3, -0.25) is 19.1 Å². The second kappa shape index (κ2) is 13.7. The number of nitrogen functional groups attached to an aromatic ring is 1. The van der Waals surface area contributed by atoms with Crippen molar-refractivity contribution >= 4 is 29.2 Å². The maximum atomic E-state index is 12.9. The predicted octanol–water partition coefficient (Wildman–Crippen LogP) is 6.23. The normalized spacial score (nSPS) is 14.7. The number of hydrogen-bond acceptors (Lipinski definition) is 8. The van der Waals surface area contributed by atoms with Crippen molar-refractivity contribution in [2.45, 2.75) is 19.4 Å². The fourth-order valence-corrected chi connectivity index (χ4v) is 6.54. The van der Waals surface area contributed by atoms with Gasteiger partial charge in [-0.2, -0.15) is 0 Å². The number of carbonyl (C=O) groups is 2. The molecule has 1 amide bonds. The number of aldehydes is 1. The van der Waals surface area contributed by atoms with Crippen molar-refractivity contribution in [1.82, 2.24) is 29.3 Å². The van der Waals surface area contributed by atoms with Gasteiger partial charge in [-0.1, -0.05) is 42.5 Å².